The molecule has 4 heteroatoms. The van der Waals surface area contributed by atoms with Crippen LogP contribution in [0.3, 0.4) is 0 Å². The predicted molar refractivity (Wildman–Crippen MR) is 64.9 cm³/mol. The SMILES string of the molecule is NCC=Cc1ccccc1NC(N)=S. The average Bonchev–Trinajstić information content (AvgIpc) is 2.16. The number of benzene rings is 1. The number of hydrogen-bond donors (Lipinski definition) is 3. The highest BCUT2D eigenvalue weighted by atomic mass is 32.1. The van der Waals surface area contributed by atoms with Gasteiger partial charge in [0.2, 0.25) is 0 Å². The first kappa shape index (κ1) is 10.7. The van der Waals surface area contributed by atoms with Crippen LogP contribution in [0.25, 0.3) is 6.08 Å². The average molecular weight is 207 g/mol. The molecule has 0 heterocycles. The Morgan fingerprint density at radius 2 is 2.14 bits per heavy atom. The zero-order valence-electron chi connectivity index (χ0n) is 7.73. The summed E-state index contributed by atoms with van der Waals surface area (Å²) in [5, 5.41) is 3.16. The number of rotatable bonds is 3. The second-order valence-electron chi connectivity index (χ2n) is 2.71. The molecular weight excluding hydrogens is 194 g/mol. The zero-order chi connectivity index (χ0) is 10.4. The Morgan fingerprint density at radius 1 is 1.43 bits per heavy atom. The summed E-state index contributed by atoms with van der Waals surface area (Å²) < 4.78 is 0. The van der Waals surface area contributed by atoms with Gasteiger partial charge in [0.25, 0.3) is 0 Å². The number of para-hydroxylation sites is 1. The molecule has 0 aliphatic heterocycles. The van der Waals surface area contributed by atoms with E-state index in [-0.39, 0.29) is 5.11 Å². The van der Waals surface area contributed by atoms with E-state index in [9.17, 15) is 0 Å². The molecule has 0 radical (unpaired) electrons. The topological polar surface area (TPSA) is 64.1 Å². The molecular formula is C10H13N3S. The van der Waals surface area contributed by atoms with E-state index < -0.39 is 0 Å². The Hall–Kier alpha value is -1.39. The van der Waals surface area contributed by atoms with Crippen molar-refractivity contribution in [2.45, 2.75) is 0 Å². The first-order chi connectivity index (χ1) is 6.74. The van der Waals surface area contributed by atoms with Gasteiger partial charge in [-0.05, 0) is 23.8 Å². The van der Waals surface area contributed by atoms with Gasteiger partial charge in [-0.1, -0.05) is 30.4 Å². The van der Waals surface area contributed by atoms with E-state index in [1.54, 1.807) is 0 Å². The summed E-state index contributed by atoms with van der Waals surface area (Å²) in [6.45, 7) is 0.515. The number of nitrogens with two attached hydrogens (primary N) is 2. The van der Waals surface area contributed by atoms with Crippen LogP contribution < -0.4 is 16.8 Å². The van der Waals surface area contributed by atoms with E-state index in [0.29, 0.717) is 6.54 Å². The summed E-state index contributed by atoms with van der Waals surface area (Å²) in [5.41, 5.74) is 12.7. The molecule has 3 nitrogen and oxygen atoms in total. The van der Waals surface area contributed by atoms with E-state index in [0.717, 1.165) is 11.3 Å². The number of hydrogen-bond acceptors (Lipinski definition) is 2. The van der Waals surface area contributed by atoms with Crippen LogP contribution in [0.1, 0.15) is 5.56 Å². The third-order valence-corrected chi connectivity index (χ3v) is 1.75. The van der Waals surface area contributed by atoms with Crippen molar-refractivity contribution < 1.29 is 0 Å². The summed E-state index contributed by atoms with van der Waals surface area (Å²) >= 11 is 4.77. The molecule has 1 aromatic carbocycles. The third-order valence-electron chi connectivity index (χ3n) is 1.65. The molecule has 0 amide bonds. The van der Waals surface area contributed by atoms with Gasteiger partial charge in [0, 0.05) is 12.2 Å². The maximum Gasteiger partial charge on any atom is 0.168 e. The van der Waals surface area contributed by atoms with Crippen LogP contribution in [-0.4, -0.2) is 11.7 Å². The van der Waals surface area contributed by atoms with Gasteiger partial charge < -0.3 is 16.8 Å². The summed E-state index contributed by atoms with van der Waals surface area (Å²) in [6, 6.07) is 7.74. The Labute approximate surface area is 88.8 Å². The minimum Gasteiger partial charge on any atom is -0.376 e. The van der Waals surface area contributed by atoms with E-state index in [1.165, 1.54) is 0 Å². The molecule has 0 unspecified atom stereocenters. The van der Waals surface area contributed by atoms with Gasteiger partial charge in [-0.15, -0.1) is 0 Å². The van der Waals surface area contributed by atoms with Crippen molar-refractivity contribution in [3.8, 4) is 0 Å². The zero-order valence-corrected chi connectivity index (χ0v) is 8.55. The second kappa shape index (κ2) is 5.36. The lowest BCUT2D eigenvalue weighted by Gasteiger charge is -2.06. The molecule has 0 spiro atoms. The van der Waals surface area contributed by atoms with Crippen molar-refractivity contribution in [2.75, 3.05) is 11.9 Å². The Bertz CT molecular complexity index is 347. The van der Waals surface area contributed by atoms with Crippen molar-refractivity contribution in [1.82, 2.24) is 0 Å². The summed E-state index contributed by atoms with van der Waals surface area (Å²) in [7, 11) is 0. The van der Waals surface area contributed by atoms with E-state index in [2.05, 4.69) is 5.32 Å². The summed E-state index contributed by atoms with van der Waals surface area (Å²) in [4.78, 5) is 0. The lowest BCUT2D eigenvalue weighted by atomic mass is 10.1. The monoisotopic (exact) mass is 207 g/mol. The molecule has 0 aromatic heterocycles. The van der Waals surface area contributed by atoms with Crippen molar-refractivity contribution in [3.63, 3.8) is 0 Å². The minimum atomic E-state index is 0.263. The highest BCUT2D eigenvalue weighted by Gasteiger charge is 1.97. The third kappa shape index (κ3) is 3.16. The fourth-order valence-corrected chi connectivity index (χ4v) is 1.19. The van der Waals surface area contributed by atoms with Gasteiger partial charge in [0.05, 0.1) is 0 Å². The van der Waals surface area contributed by atoms with Crippen molar-refractivity contribution in [3.05, 3.63) is 35.9 Å². The maximum absolute atomic E-state index is 5.39. The normalized spacial score (nSPS) is 10.4. The molecule has 0 aliphatic carbocycles. The number of thiocarbonyl (C=S) groups is 1. The van der Waals surface area contributed by atoms with E-state index in [4.69, 9.17) is 23.7 Å². The molecule has 1 aromatic rings. The molecule has 74 valence electrons. The second-order valence-corrected chi connectivity index (χ2v) is 3.15. The van der Waals surface area contributed by atoms with Crippen LogP contribution in [0.5, 0.6) is 0 Å². The van der Waals surface area contributed by atoms with Crippen molar-refractivity contribution >= 4 is 29.1 Å². The predicted octanol–water partition coefficient (Wildman–Crippen LogP) is 1.31. The Kier molecular flexibility index (Phi) is 4.10. The van der Waals surface area contributed by atoms with Crippen LogP contribution in [0.15, 0.2) is 30.3 Å². The smallest absolute Gasteiger partial charge is 0.168 e. The molecule has 0 atom stereocenters. The molecule has 0 saturated carbocycles. The van der Waals surface area contributed by atoms with E-state index in [1.807, 2.05) is 36.4 Å². The quantitative estimate of drug-likeness (QED) is 0.654. The van der Waals surface area contributed by atoms with Gasteiger partial charge in [-0.2, -0.15) is 0 Å². The van der Waals surface area contributed by atoms with Gasteiger partial charge >= 0.3 is 0 Å². The van der Waals surface area contributed by atoms with Gasteiger partial charge in [-0.25, -0.2) is 0 Å². The van der Waals surface area contributed by atoms with Crippen molar-refractivity contribution in [2.24, 2.45) is 11.5 Å². The van der Waals surface area contributed by atoms with Crippen LogP contribution in [0.4, 0.5) is 5.69 Å². The molecule has 1 rings (SSSR count). The summed E-state index contributed by atoms with van der Waals surface area (Å²) in [5.74, 6) is 0. The molecule has 0 bridgehead atoms. The van der Waals surface area contributed by atoms with Crippen LogP contribution in [0, 0.1) is 0 Å². The fraction of sp³-hybridized carbons (Fsp3) is 0.100. The largest absolute Gasteiger partial charge is 0.376 e. The van der Waals surface area contributed by atoms with Crippen LogP contribution >= 0.6 is 12.2 Å². The first-order valence-corrected chi connectivity index (χ1v) is 4.67. The lowest BCUT2D eigenvalue weighted by Crippen LogP contribution is -2.19. The molecule has 14 heavy (non-hydrogen) atoms. The fourth-order valence-electron chi connectivity index (χ4n) is 1.08. The Morgan fingerprint density at radius 3 is 2.79 bits per heavy atom. The van der Waals surface area contributed by atoms with Gasteiger partial charge in [-0.3, -0.25) is 0 Å². The minimum absolute atomic E-state index is 0.263. The van der Waals surface area contributed by atoms with Gasteiger partial charge in [0.1, 0.15) is 0 Å². The van der Waals surface area contributed by atoms with Gasteiger partial charge in [0.15, 0.2) is 5.11 Å². The first-order valence-electron chi connectivity index (χ1n) is 4.26. The van der Waals surface area contributed by atoms with Crippen LogP contribution in [0.2, 0.25) is 0 Å². The lowest BCUT2D eigenvalue weighted by molar-refractivity contribution is 1.26. The van der Waals surface area contributed by atoms with E-state index >= 15 is 0 Å². The standard InChI is InChI=1S/C10H13N3S/c11-7-3-5-8-4-1-2-6-9(8)13-10(12)14/h1-6H,7,11H2,(H3,12,13,14). The summed E-state index contributed by atoms with van der Waals surface area (Å²) in [6.07, 6.45) is 3.81. The molecule has 0 aliphatic rings. The number of anilines is 1. The molecule has 5 N–H and O–H groups in total. The number of nitrogens with one attached hydrogen (secondary N) is 1. The van der Waals surface area contributed by atoms with Crippen molar-refractivity contribution in [1.29, 1.82) is 0 Å². The van der Waals surface area contributed by atoms with Crippen LogP contribution in [-0.2, 0) is 0 Å². The maximum atomic E-state index is 5.39. The highest BCUT2D eigenvalue weighted by molar-refractivity contribution is 7.80. The molecule has 0 fully saturated rings. The molecule has 0 saturated heterocycles. The Balaban J connectivity index is 2.90. The highest BCUT2D eigenvalue weighted by Crippen LogP contribution is 2.15.